The molecule has 0 saturated heterocycles. The lowest BCUT2D eigenvalue weighted by Crippen LogP contribution is -2.33. The molecule has 1 aromatic rings. The number of amides is 1. The first-order valence-electron chi connectivity index (χ1n) is 7.02. The van der Waals surface area contributed by atoms with Gasteiger partial charge in [0.25, 0.3) is 5.76 Å². The van der Waals surface area contributed by atoms with Crippen molar-refractivity contribution in [3.63, 3.8) is 0 Å². The molecule has 0 spiro atoms. The molecule has 7 heteroatoms. The summed E-state index contributed by atoms with van der Waals surface area (Å²) in [5, 5.41) is 5.74. The number of alkyl carbamates (subject to hydrolysis) is 1. The van der Waals surface area contributed by atoms with Crippen LogP contribution in [0.4, 0.5) is 19.3 Å². The van der Waals surface area contributed by atoms with Gasteiger partial charge >= 0.3 is 6.09 Å². The third-order valence-electron chi connectivity index (χ3n) is 2.44. The van der Waals surface area contributed by atoms with E-state index < -0.39 is 17.5 Å². The number of hydrogen-bond acceptors (Lipinski definition) is 4. The van der Waals surface area contributed by atoms with Crippen molar-refractivity contribution in [1.29, 1.82) is 0 Å². The minimum Gasteiger partial charge on any atom is -0.444 e. The van der Waals surface area contributed by atoms with Crippen LogP contribution in [0.5, 0.6) is 0 Å². The van der Waals surface area contributed by atoms with Crippen molar-refractivity contribution in [2.45, 2.75) is 43.4 Å². The third kappa shape index (κ3) is 8.07. The second-order valence-corrected chi connectivity index (χ2v) is 6.62. The molecule has 1 amide bonds. The molecule has 0 aliphatic heterocycles. The van der Waals surface area contributed by atoms with E-state index in [9.17, 15) is 13.6 Å². The van der Waals surface area contributed by atoms with Gasteiger partial charge in [-0.2, -0.15) is 8.78 Å². The summed E-state index contributed by atoms with van der Waals surface area (Å²) in [7, 11) is 0. The molecule has 0 heterocycles. The molecule has 0 unspecified atom stereocenters. The number of carbonyl (C=O) groups excluding carboxylic acids is 1. The quantitative estimate of drug-likeness (QED) is 0.576. The average Bonchev–Trinajstić information content (AvgIpc) is 2.37. The zero-order valence-electron chi connectivity index (χ0n) is 13.0. The molecule has 0 aromatic heterocycles. The van der Waals surface area contributed by atoms with Gasteiger partial charge in [-0.1, -0.05) is 23.9 Å². The van der Waals surface area contributed by atoms with Gasteiger partial charge in [-0.25, -0.2) is 4.79 Å². The first-order chi connectivity index (χ1) is 10.3. The van der Waals surface area contributed by atoms with Crippen LogP contribution in [-0.4, -0.2) is 30.5 Å². The fraction of sp³-hybridized carbons (Fsp3) is 0.533. The van der Waals surface area contributed by atoms with Gasteiger partial charge in [0, 0.05) is 23.7 Å². The van der Waals surface area contributed by atoms with Crippen LogP contribution in [0.2, 0.25) is 0 Å². The van der Waals surface area contributed by atoms with E-state index in [1.54, 1.807) is 45.0 Å². The first kappa shape index (κ1) is 18.5. The molecule has 0 aliphatic carbocycles. The predicted molar refractivity (Wildman–Crippen MR) is 85.6 cm³/mol. The molecule has 1 aromatic carbocycles. The molecule has 0 radical (unpaired) electrons. The number of ether oxygens (including phenoxy) is 1. The van der Waals surface area contributed by atoms with Crippen molar-refractivity contribution in [1.82, 2.24) is 5.32 Å². The highest BCUT2D eigenvalue weighted by molar-refractivity contribution is 7.99. The fourth-order valence-corrected chi connectivity index (χ4v) is 2.24. The molecule has 0 bridgehead atoms. The van der Waals surface area contributed by atoms with Gasteiger partial charge in [0.2, 0.25) is 0 Å². The number of para-hydroxylation sites is 1. The SMILES string of the molecule is CC(C)(C)OC(=O)NCCCNc1ccccc1SC(F)F. The summed E-state index contributed by atoms with van der Waals surface area (Å²) < 4.78 is 30.0. The van der Waals surface area contributed by atoms with E-state index in [0.29, 0.717) is 41.9 Å². The van der Waals surface area contributed by atoms with E-state index in [4.69, 9.17) is 4.74 Å². The number of rotatable bonds is 7. The highest BCUT2D eigenvalue weighted by Gasteiger charge is 2.15. The summed E-state index contributed by atoms with van der Waals surface area (Å²) in [5.41, 5.74) is 0.151. The molecule has 1 rings (SSSR count). The molecular weight excluding hydrogens is 310 g/mol. The normalized spacial score (nSPS) is 11.4. The van der Waals surface area contributed by atoms with E-state index in [1.807, 2.05) is 0 Å². The number of benzene rings is 1. The van der Waals surface area contributed by atoms with Crippen LogP contribution in [0.15, 0.2) is 29.2 Å². The smallest absolute Gasteiger partial charge is 0.407 e. The van der Waals surface area contributed by atoms with Gasteiger partial charge < -0.3 is 15.4 Å². The Labute approximate surface area is 134 Å². The van der Waals surface area contributed by atoms with Crippen molar-refractivity contribution < 1.29 is 18.3 Å². The van der Waals surface area contributed by atoms with Crippen LogP contribution in [0.3, 0.4) is 0 Å². The van der Waals surface area contributed by atoms with Gasteiger partial charge in [0.1, 0.15) is 5.60 Å². The maximum atomic E-state index is 12.4. The number of nitrogens with one attached hydrogen (secondary N) is 2. The monoisotopic (exact) mass is 332 g/mol. The first-order valence-corrected chi connectivity index (χ1v) is 7.90. The van der Waals surface area contributed by atoms with E-state index in [1.165, 1.54) is 0 Å². The zero-order valence-corrected chi connectivity index (χ0v) is 13.8. The Morgan fingerprint density at radius 2 is 1.95 bits per heavy atom. The van der Waals surface area contributed by atoms with Crippen molar-refractivity contribution >= 4 is 23.5 Å². The van der Waals surface area contributed by atoms with Gasteiger partial charge in [-0.15, -0.1) is 0 Å². The zero-order chi connectivity index (χ0) is 16.6. The average molecular weight is 332 g/mol. The Kier molecular flexibility index (Phi) is 7.44. The molecule has 0 atom stereocenters. The van der Waals surface area contributed by atoms with Crippen molar-refractivity contribution in [3.05, 3.63) is 24.3 Å². The summed E-state index contributed by atoms with van der Waals surface area (Å²) in [6.45, 7) is 6.41. The number of anilines is 1. The van der Waals surface area contributed by atoms with E-state index in [-0.39, 0.29) is 0 Å². The third-order valence-corrected chi connectivity index (χ3v) is 3.23. The standard InChI is InChI=1S/C15H22F2N2O2S/c1-15(2,3)21-14(20)19-10-6-9-18-11-7-4-5-8-12(11)22-13(16)17/h4-5,7-8,13,18H,6,9-10H2,1-3H3,(H,19,20). The van der Waals surface area contributed by atoms with Crippen LogP contribution in [0, 0.1) is 0 Å². The lowest BCUT2D eigenvalue weighted by molar-refractivity contribution is 0.0528. The maximum Gasteiger partial charge on any atom is 0.407 e. The van der Waals surface area contributed by atoms with Crippen LogP contribution in [-0.2, 0) is 4.74 Å². The van der Waals surface area contributed by atoms with Crippen molar-refractivity contribution in [3.8, 4) is 0 Å². The van der Waals surface area contributed by atoms with Crippen LogP contribution >= 0.6 is 11.8 Å². The molecule has 124 valence electrons. The summed E-state index contributed by atoms with van der Waals surface area (Å²) in [4.78, 5) is 11.9. The highest BCUT2D eigenvalue weighted by Crippen LogP contribution is 2.31. The Hall–Kier alpha value is -1.50. The predicted octanol–water partition coefficient (Wildman–Crippen LogP) is 4.33. The number of halogens is 2. The van der Waals surface area contributed by atoms with Crippen molar-refractivity contribution in [2.75, 3.05) is 18.4 Å². The molecule has 0 saturated carbocycles. The largest absolute Gasteiger partial charge is 0.444 e. The second kappa shape index (κ2) is 8.82. The Balaban J connectivity index is 2.29. The summed E-state index contributed by atoms with van der Waals surface area (Å²) in [5.74, 6) is -2.45. The van der Waals surface area contributed by atoms with Crippen molar-refractivity contribution in [2.24, 2.45) is 0 Å². The number of hydrogen-bond donors (Lipinski definition) is 2. The van der Waals surface area contributed by atoms with Crippen LogP contribution in [0.25, 0.3) is 0 Å². The maximum absolute atomic E-state index is 12.4. The van der Waals surface area contributed by atoms with E-state index in [2.05, 4.69) is 10.6 Å². The molecule has 2 N–H and O–H groups in total. The Morgan fingerprint density at radius 3 is 2.59 bits per heavy atom. The molecule has 0 aliphatic rings. The topological polar surface area (TPSA) is 50.4 Å². The van der Waals surface area contributed by atoms with Gasteiger partial charge in [-0.05, 0) is 39.3 Å². The molecule has 22 heavy (non-hydrogen) atoms. The van der Waals surface area contributed by atoms with E-state index >= 15 is 0 Å². The summed E-state index contributed by atoms with van der Waals surface area (Å²) >= 11 is 0.515. The molecule has 0 fully saturated rings. The van der Waals surface area contributed by atoms with Gasteiger partial charge in [0.05, 0.1) is 0 Å². The minimum absolute atomic E-state index is 0.450. The van der Waals surface area contributed by atoms with E-state index in [0.717, 1.165) is 0 Å². The molecular formula is C15H22F2N2O2S. The summed E-state index contributed by atoms with van der Waals surface area (Å²) in [6.07, 6.45) is 0.202. The lowest BCUT2D eigenvalue weighted by atomic mass is 10.2. The van der Waals surface area contributed by atoms with Gasteiger partial charge in [0.15, 0.2) is 0 Å². The summed E-state index contributed by atoms with van der Waals surface area (Å²) in [6, 6.07) is 6.92. The minimum atomic E-state index is -2.45. The fourth-order valence-electron chi connectivity index (χ4n) is 1.63. The van der Waals surface area contributed by atoms with Crippen LogP contribution < -0.4 is 10.6 Å². The number of alkyl halides is 2. The van der Waals surface area contributed by atoms with Crippen LogP contribution in [0.1, 0.15) is 27.2 Å². The Morgan fingerprint density at radius 1 is 1.27 bits per heavy atom. The number of thioether (sulfide) groups is 1. The second-order valence-electron chi connectivity index (χ2n) is 5.58. The van der Waals surface area contributed by atoms with Gasteiger partial charge in [-0.3, -0.25) is 0 Å². The Bertz CT molecular complexity index is 479. The molecule has 4 nitrogen and oxygen atoms in total. The number of carbonyl (C=O) groups is 1. The highest BCUT2D eigenvalue weighted by atomic mass is 32.2. The lowest BCUT2D eigenvalue weighted by Gasteiger charge is -2.19.